The maximum absolute atomic E-state index is 12.9. The van der Waals surface area contributed by atoms with Gasteiger partial charge in [0, 0.05) is 61.2 Å². The van der Waals surface area contributed by atoms with Crippen molar-refractivity contribution >= 4 is 40.1 Å². The summed E-state index contributed by atoms with van der Waals surface area (Å²) in [4.78, 5) is 35.8. The number of H-pyrrole nitrogens is 1. The number of hydrogen-bond donors (Lipinski definition) is 4. The number of allylic oxidation sites excluding steroid dienone is 3. The van der Waals surface area contributed by atoms with Gasteiger partial charge in [-0.3, -0.25) is 14.8 Å². The Hall–Kier alpha value is -4.70. The SMILES string of the molecule is C=C(CC)c1cc(-c2cncc(NC(=O)C3CCCC3)c2)cc2c1NCN=C2c1nc2c([nH]1)C(N1CCN(C)CC1)=CC=CN2. The first kappa shape index (κ1) is 29.0. The van der Waals surface area contributed by atoms with Gasteiger partial charge in [-0.2, -0.15) is 0 Å². The first-order valence-electron chi connectivity index (χ1n) is 16.1. The molecule has 1 saturated carbocycles. The molecule has 1 saturated heterocycles. The summed E-state index contributed by atoms with van der Waals surface area (Å²) in [6.07, 6.45) is 14.6. The van der Waals surface area contributed by atoms with E-state index in [-0.39, 0.29) is 11.8 Å². The highest BCUT2D eigenvalue weighted by Gasteiger charge is 2.28. The average Bonchev–Trinajstić information content (AvgIpc) is 3.72. The van der Waals surface area contributed by atoms with Crippen LogP contribution in [0.25, 0.3) is 22.4 Å². The van der Waals surface area contributed by atoms with Crippen LogP contribution in [0.4, 0.5) is 17.2 Å². The highest BCUT2D eigenvalue weighted by Crippen LogP contribution is 2.38. The minimum atomic E-state index is 0.0848. The van der Waals surface area contributed by atoms with Crippen LogP contribution in [0.5, 0.6) is 0 Å². The van der Waals surface area contributed by atoms with Crippen LogP contribution in [0.1, 0.15) is 61.7 Å². The number of piperazine rings is 1. The third kappa shape index (κ3) is 5.78. The van der Waals surface area contributed by atoms with E-state index in [1.165, 1.54) is 0 Å². The summed E-state index contributed by atoms with van der Waals surface area (Å²) in [5.41, 5.74) is 9.53. The van der Waals surface area contributed by atoms with Crippen molar-refractivity contribution in [2.75, 3.05) is 55.8 Å². The number of aromatic nitrogens is 3. The van der Waals surface area contributed by atoms with E-state index in [9.17, 15) is 4.79 Å². The average molecular weight is 604 g/mol. The van der Waals surface area contributed by atoms with Crippen LogP contribution < -0.4 is 16.0 Å². The lowest BCUT2D eigenvalue weighted by atomic mass is 9.91. The predicted molar refractivity (Wildman–Crippen MR) is 182 cm³/mol. The van der Waals surface area contributed by atoms with Crippen molar-refractivity contribution in [1.29, 1.82) is 0 Å². The van der Waals surface area contributed by atoms with E-state index in [4.69, 9.17) is 9.98 Å². The van der Waals surface area contributed by atoms with Gasteiger partial charge in [0.05, 0.1) is 23.3 Å². The molecule has 0 radical (unpaired) electrons. The molecule has 5 heterocycles. The number of hydrogen-bond acceptors (Lipinski definition) is 8. The maximum Gasteiger partial charge on any atom is 0.227 e. The number of nitrogens with one attached hydrogen (secondary N) is 4. The third-order valence-corrected chi connectivity index (χ3v) is 9.36. The zero-order valence-corrected chi connectivity index (χ0v) is 26.1. The summed E-state index contributed by atoms with van der Waals surface area (Å²) in [5.74, 6) is 1.67. The number of anilines is 3. The molecule has 0 atom stereocenters. The molecule has 10 heteroatoms. The number of fused-ring (bicyclic) bond motifs is 2. The molecule has 10 nitrogen and oxygen atoms in total. The van der Waals surface area contributed by atoms with E-state index in [1.54, 1.807) is 6.20 Å². The third-order valence-electron chi connectivity index (χ3n) is 9.36. The molecular weight excluding hydrogens is 562 g/mol. The van der Waals surface area contributed by atoms with Crippen molar-refractivity contribution in [2.45, 2.75) is 39.0 Å². The van der Waals surface area contributed by atoms with Gasteiger partial charge in [0.2, 0.25) is 5.91 Å². The standard InChI is InChI=1S/C35H41N9O/c1-4-22(2)27-17-24(25-16-26(20-36-19-25)40-35(45)23-8-5-6-9-23)18-28-30(27)38-21-39-31(28)34-41-32-29(10-7-11-37-33(32)42-34)44-14-12-43(3)13-15-44/h7,10-11,16-20,23,37-38H,2,4-6,8-9,12-15,21H2,1,3H3,(H,40,45)(H,41,42). The number of pyridine rings is 1. The van der Waals surface area contributed by atoms with Crippen LogP contribution in [0.3, 0.4) is 0 Å². The quantitative estimate of drug-likeness (QED) is 0.271. The molecule has 7 rings (SSSR count). The predicted octanol–water partition coefficient (Wildman–Crippen LogP) is 5.77. The second-order valence-electron chi connectivity index (χ2n) is 12.3. The molecule has 232 valence electrons. The number of likely N-dealkylation sites (N-methyl/N-ethyl adjacent to an activating group) is 1. The topological polar surface area (TPSA) is 114 Å². The minimum absolute atomic E-state index is 0.0848. The Labute approximate surface area is 264 Å². The zero-order valence-electron chi connectivity index (χ0n) is 26.1. The molecule has 4 N–H and O–H groups in total. The van der Waals surface area contributed by atoms with Crippen LogP contribution in [0, 0.1) is 5.92 Å². The number of imidazole rings is 1. The van der Waals surface area contributed by atoms with E-state index in [1.807, 2.05) is 24.5 Å². The Kier molecular flexibility index (Phi) is 7.97. The van der Waals surface area contributed by atoms with Gasteiger partial charge in [-0.1, -0.05) is 26.3 Å². The van der Waals surface area contributed by atoms with Crippen molar-refractivity contribution in [3.05, 3.63) is 78.2 Å². The van der Waals surface area contributed by atoms with Crippen LogP contribution >= 0.6 is 0 Å². The molecular formula is C35H41N9O. The number of carbonyl (C=O) groups excluding carboxylic acids is 1. The first-order chi connectivity index (χ1) is 22.0. The van der Waals surface area contributed by atoms with Crippen molar-refractivity contribution in [2.24, 2.45) is 10.9 Å². The van der Waals surface area contributed by atoms with Crippen molar-refractivity contribution < 1.29 is 4.79 Å². The minimum Gasteiger partial charge on any atom is -0.367 e. The van der Waals surface area contributed by atoms with E-state index in [0.717, 1.165) is 115 Å². The van der Waals surface area contributed by atoms with Gasteiger partial charge < -0.3 is 30.7 Å². The van der Waals surface area contributed by atoms with Gasteiger partial charge in [0.25, 0.3) is 0 Å². The molecule has 2 aromatic heterocycles. The van der Waals surface area contributed by atoms with E-state index >= 15 is 0 Å². The lowest BCUT2D eigenvalue weighted by Gasteiger charge is -2.35. The summed E-state index contributed by atoms with van der Waals surface area (Å²) >= 11 is 0. The molecule has 3 aliphatic heterocycles. The van der Waals surface area contributed by atoms with Crippen LogP contribution in [-0.2, 0) is 4.79 Å². The molecule has 45 heavy (non-hydrogen) atoms. The zero-order chi connectivity index (χ0) is 30.9. The Balaban J connectivity index is 1.26. The highest BCUT2D eigenvalue weighted by atomic mass is 16.1. The smallest absolute Gasteiger partial charge is 0.227 e. The number of amides is 1. The second kappa shape index (κ2) is 12.4. The number of aromatic amines is 1. The van der Waals surface area contributed by atoms with Crippen LogP contribution in [0.15, 0.2) is 60.5 Å². The van der Waals surface area contributed by atoms with Gasteiger partial charge >= 0.3 is 0 Å². The Morgan fingerprint density at radius 2 is 1.91 bits per heavy atom. The maximum atomic E-state index is 12.9. The lowest BCUT2D eigenvalue weighted by molar-refractivity contribution is -0.119. The molecule has 1 aliphatic carbocycles. The lowest BCUT2D eigenvalue weighted by Crippen LogP contribution is -2.43. The number of rotatable bonds is 7. The summed E-state index contributed by atoms with van der Waals surface area (Å²) in [6.45, 7) is 10.9. The highest BCUT2D eigenvalue weighted by molar-refractivity contribution is 6.17. The van der Waals surface area contributed by atoms with Gasteiger partial charge in [0.1, 0.15) is 18.1 Å². The van der Waals surface area contributed by atoms with Gasteiger partial charge in [-0.25, -0.2) is 4.98 Å². The summed E-state index contributed by atoms with van der Waals surface area (Å²) in [6, 6.07) is 6.31. The normalized spacial score (nSPS) is 18.2. The van der Waals surface area contributed by atoms with Gasteiger partial charge in [0.15, 0.2) is 11.6 Å². The monoisotopic (exact) mass is 603 g/mol. The van der Waals surface area contributed by atoms with E-state index < -0.39 is 0 Å². The molecule has 1 amide bonds. The Morgan fingerprint density at radius 3 is 2.71 bits per heavy atom. The molecule has 1 aromatic carbocycles. The number of aliphatic imine (C=N–C) groups is 1. The Bertz CT molecular complexity index is 1720. The van der Waals surface area contributed by atoms with E-state index in [2.05, 4.69) is 74.5 Å². The summed E-state index contributed by atoms with van der Waals surface area (Å²) < 4.78 is 0. The number of carbonyl (C=O) groups is 1. The fourth-order valence-corrected chi connectivity index (χ4v) is 6.67. The molecule has 2 fully saturated rings. The summed E-state index contributed by atoms with van der Waals surface area (Å²) in [5, 5.41) is 9.99. The molecule has 0 bridgehead atoms. The number of benzene rings is 1. The second-order valence-corrected chi connectivity index (χ2v) is 12.3. The molecule has 3 aromatic rings. The van der Waals surface area contributed by atoms with Crippen LogP contribution in [-0.4, -0.2) is 76.3 Å². The molecule has 4 aliphatic rings. The largest absolute Gasteiger partial charge is 0.367 e. The number of nitrogens with zero attached hydrogens (tertiary/aromatic N) is 5. The first-order valence-corrected chi connectivity index (χ1v) is 16.1. The van der Waals surface area contributed by atoms with Crippen molar-refractivity contribution in [3.63, 3.8) is 0 Å². The fourth-order valence-electron chi connectivity index (χ4n) is 6.67. The summed E-state index contributed by atoms with van der Waals surface area (Å²) in [7, 11) is 2.17. The van der Waals surface area contributed by atoms with Gasteiger partial charge in [-0.05, 0) is 67.8 Å². The van der Waals surface area contributed by atoms with Crippen molar-refractivity contribution in [3.8, 4) is 11.1 Å². The molecule has 0 unspecified atom stereocenters. The van der Waals surface area contributed by atoms with Crippen LogP contribution in [0.2, 0.25) is 0 Å². The molecule has 0 spiro atoms. The Morgan fingerprint density at radius 1 is 1.09 bits per heavy atom. The van der Waals surface area contributed by atoms with Crippen molar-refractivity contribution in [1.82, 2.24) is 24.8 Å². The fraction of sp³-hybridized carbons (Fsp3) is 0.371. The van der Waals surface area contributed by atoms with Gasteiger partial charge in [-0.15, -0.1) is 0 Å². The van der Waals surface area contributed by atoms with E-state index in [0.29, 0.717) is 18.2 Å².